The van der Waals surface area contributed by atoms with Crippen molar-refractivity contribution >= 4 is 5.91 Å². The third kappa shape index (κ3) is 2.99. The van der Waals surface area contributed by atoms with Crippen LogP contribution in [0.1, 0.15) is 27.2 Å². The summed E-state index contributed by atoms with van der Waals surface area (Å²) in [5.74, 6) is 0.285. The monoisotopic (exact) mass is 240 g/mol. The van der Waals surface area contributed by atoms with Gasteiger partial charge in [-0.05, 0) is 6.42 Å². The van der Waals surface area contributed by atoms with Gasteiger partial charge in [0.05, 0.1) is 13.2 Å². The zero-order valence-corrected chi connectivity index (χ0v) is 11.2. The highest BCUT2D eigenvalue weighted by atomic mass is 16.5. The van der Waals surface area contributed by atoms with Crippen LogP contribution in [-0.4, -0.2) is 61.1 Å². The van der Waals surface area contributed by atoms with E-state index >= 15 is 0 Å². The molecule has 2 heterocycles. The predicted octanol–water partition coefficient (Wildman–Crippen LogP) is 0.966. The van der Waals surface area contributed by atoms with E-state index < -0.39 is 0 Å². The van der Waals surface area contributed by atoms with Gasteiger partial charge < -0.3 is 9.64 Å². The van der Waals surface area contributed by atoms with Crippen molar-refractivity contribution in [2.75, 3.05) is 39.4 Å². The van der Waals surface area contributed by atoms with Gasteiger partial charge in [-0.3, -0.25) is 9.69 Å². The van der Waals surface area contributed by atoms with Crippen LogP contribution in [0.5, 0.6) is 0 Å². The fourth-order valence-electron chi connectivity index (χ4n) is 2.64. The number of rotatable bonds is 1. The number of hydrogen-bond acceptors (Lipinski definition) is 3. The summed E-state index contributed by atoms with van der Waals surface area (Å²) in [5, 5.41) is 0. The number of morpholine rings is 1. The van der Waals surface area contributed by atoms with Gasteiger partial charge in [-0.1, -0.05) is 20.8 Å². The molecule has 0 saturated carbocycles. The topological polar surface area (TPSA) is 32.8 Å². The Kier molecular flexibility index (Phi) is 3.73. The van der Waals surface area contributed by atoms with E-state index in [9.17, 15) is 4.79 Å². The Morgan fingerprint density at radius 3 is 2.41 bits per heavy atom. The van der Waals surface area contributed by atoms with E-state index in [1.165, 1.54) is 0 Å². The van der Waals surface area contributed by atoms with Gasteiger partial charge in [0.15, 0.2) is 0 Å². The van der Waals surface area contributed by atoms with Crippen molar-refractivity contribution in [1.82, 2.24) is 9.80 Å². The quantitative estimate of drug-likeness (QED) is 0.684. The van der Waals surface area contributed by atoms with Gasteiger partial charge >= 0.3 is 0 Å². The van der Waals surface area contributed by atoms with Gasteiger partial charge in [0.2, 0.25) is 5.91 Å². The molecule has 17 heavy (non-hydrogen) atoms. The number of amides is 1. The lowest BCUT2D eigenvalue weighted by molar-refractivity contribution is -0.138. The van der Waals surface area contributed by atoms with Crippen molar-refractivity contribution in [2.45, 2.75) is 33.2 Å². The molecule has 1 atom stereocenters. The fourth-order valence-corrected chi connectivity index (χ4v) is 2.64. The van der Waals surface area contributed by atoms with Gasteiger partial charge in [-0.2, -0.15) is 0 Å². The molecule has 1 amide bonds. The first-order valence-electron chi connectivity index (χ1n) is 6.59. The highest BCUT2D eigenvalue weighted by Crippen LogP contribution is 2.23. The van der Waals surface area contributed by atoms with Crippen molar-refractivity contribution in [3.8, 4) is 0 Å². The number of nitrogens with zero attached hydrogens (tertiary/aromatic N) is 2. The van der Waals surface area contributed by atoms with Crippen LogP contribution in [0, 0.1) is 5.41 Å². The summed E-state index contributed by atoms with van der Waals surface area (Å²) in [6, 6.07) is 0.546. The Balaban J connectivity index is 1.88. The van der Waals surface area contributed by atoms with Gasteiger partial charge in [0.1, 0.15) is 0 Å². The molecular weight excluding hydrogens is 216 g/mol. The third-order valence-corrected chi connectivity index (χ3v) is 3.65. The summed E-state index contributed by atoms with van der Waals surface area (Å²) in [7, 11) is 0. The lowest BCUT2D eigenvalue weighted by Crippen LogP contribution is -2.46. The average Bonchev–Trinajstić information content (AvgIpc) is 2.77. The first-order chi connectivity index (χ1) is 7.98. The molecule has 4 nitrogen and oxygen atoms in total. The van der Waals surface area contributed by atoms with Crippen molar-refractivity contribution in [3.63, 3.8) is 0 Å². The van der Waals surface area contributed by atoms with Crippen LogP contribution >= 0.6 is 0 Å². The number of ether oxygens (including phenoxy) is 1. The van der Waals surface area contributed by atoms with Crippen LogP contribution in [0.3, 0.4) is 0 Å². The van der Waals surface area contributed by atoms with Crippen LogP contribution in [0.15, 0.2) is 0 Å². The summed E-state index contributed by atoms with van der Waals surface area (Å²) >= 11 is 0. The lowest BCUT2D eigenvalue weighted by atomic mass is 9.95. The molecule has 98 valence electrons. The molecule has 2 aliphatic rings. The van der Waals surface area contributed by atoms with Crippen LogP contribution < -0.4 is 0 Å². The zero-order valence-electron chi connectivity index (χ0n) is 11.2. The minimum absolute atomic E-state index is 0.250. The summed E-state index contributed by atoms with van der Waals surface area (Å²) < 4.78 is 5.37. The lowest BCUT2D eigenvalue weighted by Gasteiger charge is -2.32. The second-order valence-electron chi connectivity index (χ2n) is 6.09. The van der Waals surface area contributed by atoms with Gasteiger partial charge in [-0.25, -0.2) is 0 Å². The first-order valence-corrected chi connectivity index (χ1v) is 6.59. The summed E-state index contributed by atoms with van der Waals surface area (Å²) in [6.45, 7) is 11.5. The second-order valence-corrected chi connectivity index (χ2v) is 6.09. The first kappa shape index (κ1) is 12.8. The molecule has 0 spiro atoms. The number of hydrogen-bond donors (Lipinski definition) is 0. The normalized spacial score (nSPS) is 27.5. The van der Waals surface area contributed by atoms with Crippen molar-refractivity contribution in [1.29, 1.82) is 0 Å². The minimum atomic E-state index is -0.250. The Morgan fingerprint density at radius 2 is 1.82 bits per heavy atom. The highest BCUT2D eigenvalue weighted by Gasteiger charge is 2.35. The minimum Gasteiger partial charge on any atom is -0.379 e. The Bertz CT molecular complexity index is 280. The third-order valence-electron chi connectivity index (χ3n) is 3.65. The summed E-state index contributed by atoms with van der Waals surface area (Å²) in [5.41, 5.74) is -0.250. The van der Waals surface area contributed by atoms with E-state index in [4.69, 9.17) is 4.74 Å². The van der Waals surface area contributed by atoms with E-state index in [2.05, 4.69) is 4.90 Å². The number of carbonyl (C=O) groups excluding carboxylic acids is 1. The molecule has 0 aromatic rings. The Hall–Kier alpha value is -0.610. The van der Waals surface area contributed by atoms with Crippen molar-refractivity contribution in [2.24, 2.45) is 5.41 Å². The molecule has 4 heteroatoms. The predicted molar refractivity (Wildman–Crippen MR) is 66.8 cm³/mol. The maximum Gasteiger partial charge on any atom is 0.228 e. The van der Waals surface area contributed by atoms with Crippen LogP contribution in [0.25, 0.3) is 0 Å². The van der Waals surface area contributed by atoms with Crippen molar-refractivity contribution in [3.05, 3.63) is 0 Å². The molecular formula is C13H24N2O2. The van der Waals surface area contributed by atoms with E-state index in [1.807, 2.05) is 25.7 Å². The molecule has 0 aromatic carbocycles. The SMILES string of the molecule is CC(C)(C)C(=O)N1CCC(N2CCOCC2)C1. The van der Waals surface area contributed by atoms with Gasteiger partial charge in [0.25, 0.3) is 0 Å². The summed E-state index contributed by atoms with van der Waals surface area (Å²) in [6.07, 6.45) is 1.11. The van der Waals surface area contributed by atoms with Crippen LogP contribution in [-0.2, 0) is 9.53 Å². The standard InChI is InChI=1S/C13H24N2O2/c1-13(2,3)12(16)15-5-4-11(10-15)14-6-8-17-9-7-14/h11H,4-10H2,1-3H3. The van der Waals surface area contributed by atoms with E-state index in [0.29, 0.717) is 6.04 Å². The average molecular weight is 240 g/mol. The molecule has 2 saturated heterocycles. The Morgan fingerprint density at radius 1 is 1.18 bits per heavy atom. The molecule has 2 rings (SSSR count). The smallest absolute Gasteiger partial charge is 0.228 e. The van der Waals surface area contributed by atoms with Crippen molar-refractivity contribution < 1.29 is 9.53 Å². The molecule has 0 aliphatic carbocycles. The van der Waals surface area contributed by atoms with E-state index in [0.717, 1.165) is 45.8 Å². The maximum absolute atomic E-state index is 12.2. The molecule has 0 N–H and O–H groups in total. The highest BCUT2D eigenvalue weighted by molar-refractivity contribution is 5.81. The van der Waals surface area contributed by atoms with Crippen LogP contribution in [0.4, 0.5) is 0 Å². The molecule has 0 bridgehead atoms. The number of carbonyl (C=O) groups is 1. The fraction of sp³-hybridized carbons (Fsp3) is 0.923. The molecule has 0 radical (unpaired) electrons. The number of likely N-dealkylation sites (tertiary alicyclic amines) is 1. The van der Waals surface area contributed by atoms with Crippen LogP contribution in [0.2, 0.25) is 0 Å². The van der Waals surface area contributed by atoms with Gasteiger partial charge in [0, 0.05) is 37.6 Å². The zero-order chi connectivity index (χ0) is 12.5. The second kappa shape index (κ2) is 4.94. The van der Waals surface area contributed by atoms with E-state index in [-0.39, 0.29) is 11.3 Å². The van der Waals surface area contributed by atoms with Gasteiger partial charge in [-0.15, -0.1) is 0 Å². The largest absolute Gasteiger partial charge is 0.379 e. The molecule has 2 fully saturated rings. The molecule has 1 unspecified atom stereocenters. The molecule has 0 aromatic heterocycles. The van der Waals surface area contributed by atoms with E-state index in [1.54, 1.807) is 0 Å². The summed E-state index contributed by atoms with van der Waals surface area (Å²) in [4.78, 5) is 16.7. The maximum atomic E-state index is 12.2. The molecule has 2 aliphatic heterocycles. The Labute approximate surface area is 104 Å².